The Balaban J connectivity index is 1.48. The molecule has 2 aliphatic heterocycles. The van der Waals surface area contributed by atoms with E-state index in [-0.39, 0.29) is 36.3 Å². The Morgan fingerprint density at radius 3 is 2.38 bits per heavy atom. The van der Waals surface area contributed by atoms with E-state index in [9.17, 15) is 14.0 Å². The molecule has 0 spiro atoms. The lowest BCUT2D eigenvalue weighted by Crippen LogP contribution is -2.33. The van der Waals surface area contributed by atoms with Crippen molar-refractivity contribution in [2.45, 2.75) is 19.4 Å². The highest BCUT2D eigenvalue weighted by Crippen LogP contribution is 2.32. The minimum Gasteiger partial charge on any atom is -0.494 e. The number of halogens is 1. The number of benzene rings is 1. The number of likely N-dealkylation sites (tertiary alicyclic amines) is 2. The van der Waals surface area contributed by atoms with Gasteiger partial charge in [0.15, 0.2) is 11.6 Å². The number of hydrogen-bond acceptors (Lipinski definition) is 5. The van der Waals surface area contributed by atoms with Gasteiger partial charge in [0, 0.05) is 39.1 Å². The van der Waals surface area contributed by atoms with Crippen molar-refractivity contribution in [3.63, 3.8) is 0 Å². The van der Waals surface area contributed by atoms with Crippen LogP contribution < -0.4 is 4.74 Å². The number of fused-ring (bicyclic) bond motifs is 1. The number of carbonyl (C=O) groups is 2. The SMILES string of the molecule is COC(=O)CCC(=O)N1C[C@@H]2CN(Cc3ccc(OC)c(F)c3)C[C@H]2C1. The Labute approximate surface area is 152 Å². The first-order valence-electron chi connectivity index (χ1n) is 8.89. The van der Waals surface area contributed by atoms with E-state index in [0.29, 0.717) is 18.4 Å². The third-order valence-corrected chi connectivity index (χ3v) is 5.31. The molecule has 0 unspecified atom stereocenters. The summed E-state index contributed by atoms with van der Waals surface area (Å²) in [5.74, 6) is 0.476. The fourth-order valence-electron chi connectivity index (χ4n) is 3.96. The van der Waals surface area contributed by atoms with E-state index in [0.717, 1.165) is 31.7 Å². The Morgan fingerprint density at radius 1 is 1.12 bits per heavy atom. The summed E-state index contributed by atoms with van der Waals surface area (Å²) in [6, 6.07) is 5.07. The molecule has 2 fully saturated rings. The summed E-state index contributed by atoms with van der Waals surface area (Å²) >= 11 is 0. The summed E-state index contributed by atoms with van der Waals surface area (Å²) in [6.45, 7) is 3.97. The second kappa shape index (κ2) is 8.03. The smallest absolute Gasteiger partial charge is 0.306 e. The van der Waals surface area contributed by atoms with Crippen LogP contribution in [0, 0.1) is 17.7 Å². The molecule has 0 aliphatic carbocycles. The van der Waals surface area contributed by atoms with Crippen molar-refractivity contribution >= 4 is 11.9 Å². The topological polar surface area (TPSA) is 59.1 Å². The zero-order valence-corrected chi connectivity index (χ0v) is 15.2. The standard InChI is InChI=1S/C19H25FN2O4/c1-25-17-4-3-13(7-16(17)20)8-21-9-14-11-22(12-15(14)10-21)18(23)5-6-19(24)26-2/h3-4,7,14-15H,5-6,8-12H2,1-2H3/t14-,15-/m0/s1. The van der Waals surface area contributed by atoms with Gasteiger partial charge >= 0.3 is 5.97 Å². The molecule has 1 aromatic rings. The minimum atomic E-state index is -0.351. The number of hydrogen-bond donors (Lipinski definition) is 0. The summed E-state index contributed by atoms with van der Waals surface area (Å²) in [5.41, 5.74) is 0.925. The molecule has 2 saturated heterocycles. The van der Waals surface area contributed by atoms with E-state index >= 15 is 0 Å². The van der Waals surface area contributed by atoms with Crippen molar-refractivity contribution < 1.29 is 23.5 Å². The van der Waals surface area contributed by atoms with Gasteiger partial charge in [0.05, 0.1) is 20.6 Å². The van der Waals surface area contributed by atoms with Crippen LogP contribution >= 0.6 is 0 Å². The van der Waals surface area contributed by atoms with Crippen LogP contribution in [0.25, 0.3) is 0 Å². The van der Waals surface area contributed by atoms with Gasteiger partial charge in [-0.05, 0) is 29.5 Å². The number of carbonyl (C=O) groups excluding carboxylic acids is 2. The molecule has 0 bridgehead atoms. The van der Waals surface area contributed by atoms with Crippen LogP contribution in [0.3, 0.4) is 0 Å². The van der Waals surface area contributed by atoms with Crippen LogP contribution in [0.2, 0.25) is 0 Å². The van der Waals surface area contributed by atoms with Crippen molar-refractivity contribution in [2.24, 2.45) is 11.8 Å². The molecule has 7 heteroatoms. The number of rotatable bonds is 6. The second-order valence-electron chi connectivity index (χ2n) is 7.06. The molecule has 2 aliphatic rings. The van der Waals surface area contributed by atoms with Gasteiger partial charge in [-0.25, -0.2) is 4.39 Å². The molecule has 6 nitrogen and oxygen atoms in total. The number of amides is 1. The Hall–Kier alpha value is -2.15. The first kappa shape index (κ1) is 18.6. The predicted octanol–water partition coefficient (Wildman–Crippen LogP) is 1.68. The minimum absolute atomic E-state index is 0.0218. The summed E-state index contributed by atoms with van der Waals surface area (Å²) < 4.78 is 23.4. The van der Waals surface area contributed by atoms with Crippen molar-refractivity contribution in [3.05, 3.63) is 29.6 Å². The molecule has 1 amide bonds. The molecule has 2 atom stereocenters. The molecule has 0 saturated carbocycles. The van der Waals surface area contributed by atoms with Gasteiger partial charge in [0.25, 0.3) is 0 Å². The van der Waals surface area contributed by atoms with Crippen molar-refractivity contribution in [1.29, 1.82) is 0 Å². The van der Waals surface area contributed by atoms with Crippen molar-refractivity contribution in [3.8, 4) is 5.75 Å². The lowest BCUT2D eigenvalue weighted by molar-refractivity contribution is -0.143. The molecule has 2 heterocycles. The molecule has 0 radical (unpaired) electrons. The lowest BCUT2D eigenvalue weighted by Gasteiger charge is -2.21. The highest BCUT2D eigenvalue weighted by Gasteiger charge is 2.41. The summed E-state index contributed by atoms with van der Waals surface area (Å²) in [7, 11) is 2.79. The zero-order chi connectivity index (χ0) is 18.7. The summed E-state index contributed by atoms with van der Waals surface area (Å²) in [6.07, 6.45) is 0.345. The predicted molar refractivity (Wildman–Crippen MR) is 93.0 cm³/mol. The Kier molecular flexibility index (Phi) is 5.76. The number of esters is 1. The van der Waals surface area contributed by atoms with Gasteiger partial charge in [-0.15, -0.1) is 0 Å². The van der Waals surface area contributed by atoms with Gasteiger partial charge in [-0.1, -0.05) is 6.07 Å². The van der Waals surface area contributed by atoms with Gasteiger partial charge in [0.2, 0.25) is 5.91 Å². The maximum absolute atomic E-state index is 13.8. The van der Waals surface area contributed by atoms with Crippen molar-refractivity contribution in [1.82, 2.24) is 9.80 Å². The first-order chi connectivity index (χ1) is 12.5. The molecule has 1 aromatic carbocycles. The van der Waals surface area contributed by atoms with Crippen LogP contribution in [0.15, 0.2) is 18.2 Å². The van der Waals surface area contributed by atoms with E-state index in [1.54, 1.807) is 6.07 Å². The Morgan fingerprint density at radius 2 is 1.81 bits per heavy atom. The van der Waals surface area contributed by atoms with E-state index < -0.39 is 0 Å². The third kappa shape index (κ3) is 4.15. The van der Waals surface area contributed by atoms with E-state index in [1.165, 1.54) is 20.3 Å². The highest BCUT2D eigenvalue weighted by atomic mass is 19.1. The quantitative estimate of drug-likeness (QED) is 0.719. The molecule has 0 aromatic heterocycles. The van der Waals surface area contributed by atoms with Crippen LogP contribution in [-0.2, 0) is 20.9 Å². The number of ether oxygens (including phenoxy) is 2. The second-order valence-corrected chi connectivity index (χ2v) is 7.06. The number of methoxy groups -OCH3 is 2. The fourth-order valence-corrected chi connectivity index (χ4v) is 3.96. The molecule has 26 heavy (non-hydrogen) atoms. The van der Waals surface area contributed by atoms with Crippen LogP contribution in [0.4, 0.5) is 4.39 Å². The maximum atomic E-state index is 13.8. The van der Waals surface area contributed by atoms with Crippen LogP contribution in [0.5, 0.6) is 5.75 Å². The molecular weight excluding hydrogens is 339 g/mol. The molecule has 3 rings (SSSR count). The van der Waals surface area contributed by atoms with Crippen LogP contribution in [0.1, 0.15) is 18.4 Å². The largest absolute Gasteiger partial charge is 0.494 e. The third-order valence-electron chi connectivity index (χ3n) is 5.31. The molecule has 142 valence electrons. The molecule has 0 N–H and O–H groups in total. The van der Waals surface area contributed by atoms with Gasteiger partial charge in [-0.2, -0.15) is 0 Å². The van der Waals surface area contributed by atoms with Crippen molar-refractivity contribution in [2.75, 3.05) is 40.4 Å². The van der Waals surface area contributed by atoms with E-state index in [4.69, 9.17) is 4.74 Å². The maximum Gasteiger partial charge on any atom is 0.306 e. The lowest BCUT2D eigenvalue weighted by atomic mass is 10.0. The van der Waals surface area contributed by atoms with Gasteiger partial charge < -0.3 is 14.4 Å². The van der Waals surface area contributed by atoms with E-state index in [1.807, 2.05) is 11.0 Å². The van der Waals surface area contributed by atoms with E-state index in [2.05, 4.69) is 9.64 Å². The average Bonchev–Trinajstić information content (AvgIpc) is 3.18. The zero-order valence-electron chi connectivity index (χ0n) is 15.2. The van der Waals surface area contributed by atoms with Crippen LogP contribution in [-0.4, -0.2) is 62.1 Å². The van der Waals surface area contributed by atoms with Gasteiger partial charge in [-0.3, -0.25) is 14.5 Å². The first-order valence-corrected chi connectivity index (χ1v) is 8.89. The normalized spacial score (nSPS) is 22.3. The fraction of sp³-hybridized carbons (Fsp3) is 0.579. The highest BCUT2D eigenvalue weighted by molar-refractivity contribution is 5.81. The van der Waals surface area contributed by atoms with Gasteiger partial charge in [0.1, 0.15) is 0 Å². The number of nitrogens with zero attached hydrogens (tertiary/aromatic N) is 2. The monoisotopic (exact) mass is 364 g/mol. The Bertz CT molecular complexity index is 668. The molecular formula is C19H25FN2O4. The summed E-state index contributed by atoms with van der Waals surface area (Å²) in [4.78, 5) is 27.6. The average molecular weight is 364 g/mol. The summed E-state index contributed by atoms with van der Waals surface area (Å²) in [5, 5.41) is 0.